The van der Waals surface area contributed by atoms with Gasteiger partial charge in [-0.25, -0.2) is 32.7 Å². The first-order valence-corrected chi connectivity index (χ1v) is 19.5. The molecule has 15 heteroatoms. The Hall–Kier alpha value is -5.09. The lowest BCUT2D eigenvalue weighted by atomic mass is 10.1. The predicted octanol–water partition coefficient (Wildman–Crippen LogP) is 5.51. The van der Waals surface area contributed by atoms with Crippen LogP contribution in [-0.2, 0) is 22.9 Å². The van der Waals surface area contributed by atoms with Crippen LogP contribution in [0, 0.1) is 0 Å². The van der Waals surface area contributed by atoms with Crippen molar-refractivity contribution in [2.45, 2.75) is 38.1 Å². The van der Waals surface area contributed by atoms with Gasteiger partial charge in [0.2, 0.25) is 15.0 Å². The van der Waals surface area contributed by atoms with E-state index >= 15 is 0 Å². The number of hydrogen-bond donors (Lipinski definition) is 2. The van der Waals surface area contributed by atoms with Crippen LogP contribution < -0.4 is 11.5 Å². The Kier molecular flexibility index (Phi) is 11.3. The van der Waals surface area contributed by atoms with Gasteiger partial charge in [0, 0.05) is 36.4 Å². The van der Waals surface area contributed by atoms with Gasteiger partial charge in [-0.3, -0.25) is 0 Å². The monoisotopic (exact) mass is 781 g/mol. The van der Waals surface area contributed by atoms with Crippen molar-refractivity contribution in [1.29, 1.82) is 0 Å². The van der Waals surface area contributed by atoms with Gasteiger partial charge in [0.15, 0.2) is 11.3 Å². The molecule has 0 spiro atoms. The van der Waals surface area contributed by atoms with Crippen molar-refractivity contribution in [2.75, 3.05) is 31.6 Å². The van der Waals surface area contributed by atoms with Gasteiger partial charge >= 0.3 is 0 Å². The molecule has 268 valence electrons. The molecule has 7 rings (SSSR count). The summed E-state index contributed by atoms with van der Waals surface area (Å²) in [4.78, 5) is 19.8. The number of fused-ring (bicyclic) bond motifs is 2. The lowest BCUT2D eigenvalue weighted by Crippen LogP contribution is -2.32. The topological polar surface area (TPSA) is 177 Å². The van der Waals surface area contributed by atoms with Crippen molar-refractivity contribution >= 4 is 53.5 Å². The van der Waals surface area contributed by atoms with Crippen molar-refractivity contribution < 1.29 is 8.42 Å². The van der Waals surface area contributed by atoms with E-state index in [1.54, 1.807) is 4.68 Å². The molecule has 4 N–H and O–H groups in total. The molecule has 13 nitrogen and oxygen atoms in total. The molecular weight excluding hydrogens is 742 g/mol. The Labute approximate surface area is 310 Å². The van der Waals surface area contributed by atoms with Crippen LogP contribution in [0.25, 0.3) is 33.3 Å². The molecule has 1 atom stereocenters. The summed E-state index contributed by atoms with van der Waals surface area (Å²) in [7, 11) is -3.45. The molecule has 0 radical (unpaired) electrons. The summed E-state index contributed by atoms with van der Waals surface area (Å²) in [5.41, 5.74) is 18.4. The van der Waals surface area contributed by atoms with Crippen LogP contribution in [0.3, 0.4) is 0 Å². The van der Waals surface area contributed by atoms with Crippen LogP contribution >= 0.6 is 15.9 Å². The average Bonchev–Trinajstić information content (AvgIpc) is 3.67. The van der Waals surface area contributed by atoms with E-state index in [-0.39, 0.29) is 11.2 Å². The smallest absolute Gasteiger partial charge is 0.248 e. The maximum atomic E-state index is 11.6. The molecule has 0 aliphatic heterocycles. The number of sulfone groups is 1. The average molecular weight is 783 g/mol. The van der Waals surface area contributed by atoms with Crippen molar-refractivity contribution in [3.8, 4) is 11.3 Å². The van der Waals surface area contributed by atoms with Crippen molar-refractivity contribution in [3.05, 3.63) is 119 Å². The van der Waals surface area contributed by atoms with Gasteiger partial charge in [-0.2, -0.15) is 15.2 Å². The molecule has 0 aliphatic carbocycles. The minimum absolute atomic E-state index is 0.197. The van der Waals surface area contributed by atoms with Gasteiger partial charge < -0.3 is 16.4 Å². The number of rotatable bonds is 11. The van der Waals surface area contributed by atoms with Crippen LogP contribution in [0.4, 0.5) is 5.69 Å². The Balaban J connectivity index is 0.000000192. The zero-order valence-corrected chi connectivity index (χ0v) is 31.5. The van der Waals surface area contributed by atoms with Crippen LogP contribution in [0.2, 0.25) is 0 Å². The Morgan fingerprint density at radius 1 is 0.769 bits per heavy atom. The molecule has 7 aromatic rings. The normalized spacial score (nSPS) is 12.3. The minimum Gasteiger partial charge on any atom is -0.399 e. The summed E-state index contributed by atoms with van der Waals surface area (Å²) >= 11 is 3.34. The molecule has 0 aliphatic rings. The van der Waals surface area contributed by atoms with Gasteiger partial charge in [0.1, 0.15) is 16.1 Å². The fourth-order valence-electron chi connectivity index (χ4n) is 5.66. The number of aromatic nitrogens is 8. The summed E-state index contributed by atoms with van der Waals surface area (Å²) in [6.07, 6.45) is 4.40. The first kappa shape index (κ1) is 36.7. The van der Waals surface area contributed by atoms with Gasteiger partial charge in [-0.05, 0) is 52.3 Å². The van der Waals surface area contributed by atoms with Gasteiger partial charge in [-0.15, -0.1) is 0 Å². The standard InChI is InChI=1S/C24H29N7.C13H11BrN4O2S/c1-3-30(4-2)16-21(26)23-27-14-20-22(18-10-12-19(25)13-11-18)29-31(24(20)28-23)15-17-8-6-5-7-9-17;1-21(19,20)13-15-7-10-11(14)17-18(12(10)16-13)8-9-5-3-2-4-6-9/h5-14,21H,3-4,15-16,25-26H2,1-2H3;2-7H,8H2,1H3. The lowest BCUT2D eigenvalue weighted by Gasteiger charge is -2.21. The third kappa shape index (κ3) is 8.50. The largest absolute Gasteiger partial charge is 0.399 e. The van der Waals surface area contributed by atoms with Crippen LogP contribution in [0.15, 0.2) is 107 Å². The molecule has 4 aromatic heterocycles. The molecule has 0 saturated carbocycles. The summed E-state index contributed by atoms with van der Waals surface area (Å²) in [5.74, 6) is 0.637. The number of nitrogen functional groups attached to an aromatic ring is 1. The highest BCUT2D eigenvalue weighted by Crippen LogP contribution is 2.29. The van der Waals surface area contributed by atoms with Crippen molar-refractivity contribution in [2.24, 2.45) is 5.73 Å². The zero-order valence-electron chi connectivity index (χ0n) is 29.1. The molecule has 0 bridgehead atoms. The van der Waals surface area contributed by atoms with E-state index in [2.05, 4.69) is 66.9 Å². The van der Waals surface area contributed by atoms with Crippen LogP contribution in [-0.4, -0.2) is 78.7 Å². The second kappa shape index (κ2) is 16.1. The fourth-order valence-corrected chi connectivity index (χ4v) is 6.63. The second-order valence-corrected chi connectivity index (χ2v) is 14.9. The SMILES string of the molecule is CCN(CC)CC(N)c1ncc2c(-c3ccc(N)cc3)nn(Cc3ccccc3)c2n1.CS(=O)(=O)c1ncc2c(Br)nn(Cc3ccccc3)c2n1. The Morgan fingerprint density at radius 3 is 1.90 bits per heavy atom. The number of nitrogens with two attached hydrogens (primary N) is 2. The maximum absolute atomic E-state index is 11.6. The highest BCUT2D eigenvalue weighted by molar-refractivity contribution is 9.10. The molecular formula is C37H40BrN11O2S. The van der Waals surface area contributed by atoms with E-state index in [4.69, 9.17) is 21.5 Å². The number of benzene rings is 3. The van der Waals surface area contributed by atoms with Gasteiger partial charge in [0.05, 0.1) is 29.9 Å². The molecule has 0 saturated heterocycles. The second-order valence-electron chi connectivity index (χ2n) is 12.3. The summed E-state index contributed by atoms with van der Waals surface area (Å²) in [5, 5.41) is 10.6. The van der Waals surface area contributed by atoms with Crippen molar-refractivity contribution in [3.63, 3.8) is 0 Å². The number of likely N-dealkylation sites (N-methyl/N-ethyl adjacent to an activating group) is 1. The van der Waals surface area contributed by atoms with Gasteiger partial charge in [0.25, 0.3) is 0 Å². The molecule has 0 fully saturated rings. The van der Waals surface area contributed by atoms with E-state index in [9.17, 15) is 8.42 Å². The lowest BCUT2D eigenvalue weighted by molar-refractivity contribution is 0.281. The molecule has 4 heterocycles. The molecule has 0 amide bonds. The molecule has 3 aromatic carbocycles. The third-order valence-electron chi connectivity index (χ3n) is 8.48. The Bertz CT molecular complexity index is 2380. The molecule has 1 unspecified atom stereocenters. The van der Waals surface area contributed by atoms with E-state index in [0.29, 0.717) is 34.6 Å². The highest BCUT2D eigenvalue weighted by Gasteiger charge is 2.20. The highest BCUT2D eigenvalue weighted by atomic mass is 79.9. The first-order valence-electron chi connectivity index (χ1n) is 16.8. The summed E-state index contributed by atoms with van der Waals surface area (Å²) in [6.45, 7) is 7.99. The summed E-state index contributed by atoms with van der Waals surface area (Å²) in [6, 6.07) is 27.5. The van der Waals surface area contributed by atoms with Crippen LogP contribution in [0.1, 0.15) is 36.8 Å². The number of halogens is 1. The van der Waals surface area contributed by atoms with Crippen molar-refractivity contribution in [1.82, 2.24) is 44.4 Å². The van der Waals surface area contributed by atoms with Gasteiger partial charge in [-0.1, -0.05) is 86.6 Å². The molecule has 52 heavy (non-hydrogen) atoms. The van der Waals surface area contributed by atoms with E-state index in [1.165, 1.54) is 6.20 Å². The number of nitrogens with zero attached hydrogens (tertiary/aromatic N) is 9. The van der Waals surface area contributed by atoms with Crippen LogP contribution in [0.5, 0.6) is 0 Å². The first-order chi connectivity index (χ1) is 25.0. The maximum Gasteiger partial charge on any atom is 0.248 e. The zero-order chi connectivity index (χ0) is 36.8. The fraction of sp³-hybridized carbons (Fsp3) is 0.243. The minimum atomic E-state index is -3.45. The Morgan fingerprint density at radius 2 is 1.33 bits per heavy atom. The quantitative estimate of drug-likeness (QED) is 0.125. The third-order valence-corrected chi connectivity index (χ3v) is 9.92. The number of hydrogen-bond acceptors (Lipinski definition) is 11. The summed E-state index contributed by atoms with van der Waals surface area (Å²) < 4.78 is 27.4. The predicted molar refractivity (Wildman–Crippen MR) is 207 cm³/mol. The van der Waals surface area contributed by atoms with E-state index in [0.717, 1.165) is 65.0 Å². The number of anilines is 1. The van der Waals surface area contributed by atoms with E-state index < -0.39 is 9.84 Å². The van der Waals surface area contributed by atoms with E-state index in [1.807, 2.05) is 83.7 Å².